The number of hydrogen-bond donors (Lipinski definition) is 3. The Hall–Kier alpha value is -3.54. The normalized spacial score (nSPS) is 16.1. The van der Waals surface area contributed by atoms with E-state index in [-0.39, 0.29) is 6.04 Å². The minimum absolute atomic E-state index is 0.0629. The zero-order chi connectivity index (χ0) is 25.4. The lowest BCUT2D eigenvalue weighted by Crippen LogP contribution is -2.39. The number of benzene rings is 3. The lowest BCUT2D eigenvalue weighted by atomic mass is 9.88. The molecule has 0 saturated heterocycles. The Balaban J connectivity index is 1.23. The average molecular weight is 511 g/mol. The van der Waals surface area contributed by atoms with Crippen LogP contribution in [0.25, 0.3) is 22.6 Å². The van der Waals surface area contributed by atoms with E-state index < -0.39 is 0 Å². The van der Waals surface area contributed by atoms with Gasteiger partial charge in [0.15, 0.2) is 0 Å². The summed E-state index contributed by atoms with van der Waals surface area (Å²) in [6, 6.07) is 22.6. The summed E-state index contributed by atoms with van der Waals surface area (Å²) in [5.74, 6) is 1.33. The van der Waals surface area contributed by atoms with Crippen LogP contribution in [0.2, 0.25) is 5.02 Å². The van der Waals surface area contributed by atoms with Gasteiger partial charge in [0.1, 0.15) is 11.6 Å². The quantitative estimate of drug-likeness (QED) is 0.231. The van der Waals surface area contributed by atoms with E-state index >= 15 is 0 Å². The molecule has 0 bridgehead atoms. The molecule has 1 aromatic heterocycles. The molecule has 0 amide bonds. The van der Waals surface area contributed by atoms with Crippen molar-refractivity contribution in [2.45, 2.75) is 45.2 Å². The van der Waals surface area contributed by atoms with E-state index in [1.165, 1.54) is 23.1 Å². The number of allylic oxidation sites excluding steroid dienone is 1. The Morgan fingerprint density at radius 2 is 1.89 bits per heavy atom. The number of nitrogens with zero attached hydrogens (tertiary/aromatic N) is 2. The minimum Gasteiger partial charge on any atom is -0.511 e. The molecule has 0 spiro atoms. The van der Waals surface area contributed by atoms with Gasteiger partial charge in [-0.3, -0.25) is 4.90 Å². The Labute approximate surface area is 222 Å². The number of fused-ring (bicyclic) bond motifs is 1. The van der Waals surface area contributed by atoms with E-state index in [2.05, 4.69) is 63.5 Å². The zero-order valence-corrected chi connectivity index (χ0v) is 21.7. The molecule has 188 valence electrons. The summed E-state index contributed by atoms with van der Waals surface area (Å²) in [5.41, 5.74) is 8.86. The number of aliphatic hydroxyl groups is 1. The fraction of sp³-hybridized carbons (Fsp3) is 0.258. The first-order chi connectivity index (χ1) is 18.1. The molecule has 1 fully saturated rings. The third-order valence-corrected chi connectivity index (χ3v) is 8.05. The van der Waals surface area contributed by atoms with Crippen LogP contribution in [0.5, 0.6) is 0 Å². The predicted molar refractivity (Wildman–Crippen MR) is 151 cm³/mol. The summed E-state index contributed by atoms with van der Waals surface area (Å²) in [6.45, 7) is 3.88. The lowest BCUT2D eigenvalue weighted by Gasteiger charge is -2.35. The number of H-pyrrole nitrogens is 1. The van der Waals surface area contributed by atoms with Crippen LogP contribution in [0.4, 0.5) is 11.4 Å². The maximum atomic E-state index is 10.7. The van der Waals surface area contributed by atoms with Crippen LogP contribution in [0, 0.1) is 0 Å². The number of nitrogens with one attached hydrogen (secondary N) is 2. The van der Waals surface area contributed by atoms with Crippen LogP contribution < -0.4 is 5.32 Å². The van der Waals surface area contributed by atoms with Crippen molar-refractivity contribution in [2.75, 3.05) is 11.9 Å². The van der Waals surface area contributed by atoms with Gasteiger partial charge in [0, 0.05) is 30.0 Å². The second-order valence-electron chi connectivity index (χ2n) is 10.0. The summed E-state index contributed by atoms with van der Waals surface area (Å²) in [6.07, 6.45) is 6.07. The average Bonchev–Trinajstić information content (AvgIpc) is 3.39. The molecule has 2 aliphatic rings. The number of rotatable bonds is 6. The van der Waals surface area contributed by atoms with Crippen LogP contribution >= 0.6 is 11.6 Å². The number of anilines is 2. The van der Waals surface area contributed by atoms with Gasteiger partial charge in [-0.2, -0.15) is 0 Å². The van der Waals surface area contributed by atoms with Crippen LogP contribution in [0.1, 0.15) is 37.3 Å². The van der Waals surface area contributed by atoms with Gasteiger partial charge in [-0.1, -0.05) is 54.1 Å². The molecule has 4 aromatic rings. The van der Waals surface area contributed by atoms with Gasteiger partial charge in [0.2, 0.25) is 0 Å². The van der Waals surface area contributed by atoms with Crippen LogP contribution in [-0.4, -0.2) is 32.6 Å². The molecular weight excluding hydrogens is 480 g/mol. The number of imidazole rings is 1. The van der Waals surface area contributed by atoms with Gasteiger partial charge in [-0.25, -0.2) is 4.98 Å². The largest absolute Gasteiger partial charge is 0.511 e. The number of aromatic amines is 1. The molecule has 5 nitrogen and oxygen atoms in total. The van der Waals surface area contributed by atoms with Gasteiger partial charge in [-0.15, -0.1) is 0 Å². The van der Waals surface area contributed by atoms with Crippen molar-refractivity contribution in [1.29, 1.82) is 0 Å². The van der Waals surface area contributed by atoms with Crippen molar-refractivity contribution in [3.8, 4) is 22.6 Å². The second kappa shape index (κ2) is 10.1. The van der Waals surface area contributed by atoms with Crippen molar-refractivity contribution in [2.24, 2.45) is 0 Å². The van der Waals surface area contributed by atoms with Crippen molar-refractivity contribution in [1.82, 2.24) is 14.9 Å². The van der Waals surface area contributed by atoms with Crippen LogP contribution in [-0.2, 0) is 13.0 Å². The molecule has 1 saturated carbocycles. The first-order valence-electron chi connectivity index (χ1n) is 13.0. The molecule has 1 unspecified atom stereocenters. The minimum atomic E-state index is 0.0629. The molecule has 3 aromatic carbocycles. The molecular formula is C31H31ClN4O. The highest BCUT2D eigenvalue weighted by Crippen LogP contribution is 2.35. The Morgan fingerprint density at radius 1 is 1.05 bits per heavy atom. The van der Waals surface area contributed by atoms with Crippen molar-refractivity contribution >= 4 is 23.0 Å². The molecule has 1 aliphatic carbocycles. The van der Waals surface area contributed by atoms with Crippen LogP contribution in [0.3, 0.4) is 0 Å². The summed E-state index contributed by atoms with van der Waals surface area (Å²) in [7, 11) is 0. The number of hydrogen-bond acceptors (Lipinski definition) is 4. The predicted octanol–water partition coefficient (Wildman–Crippen LogP) is 7.88. The molecule has 1 aliphatic heterocycles. The van der Waals surface area contributed by atoms with Crippen molar-refractivity contribution < 1.29 is 5.11 Å². The van der Waals surface area contributed by atoms with Crippen molar-refractivity contribution in [3.05, 3.63) is 100 Å². The lowest BCUT2D eigenvalue weighted by molar-refractivity contribution is 0.166. The highest BCUT2D eigenvalue weighted by atomic mass is 35.5. The Bertz CT molecular complexity index is 1450. The van der Waals surface area contributed by atoms with E-state index in [9.17, 15) is 5.11 Å². The Morgan fingerprint density at radius 3 is 2.68 bits per heavy atom. The SMILES string of the molecule is CC(C(O)=C1CCC1)N1CCc2c(cccc2Nc2ccc(Cl)c(-c3ncc(-c4ccccc4)[nH]3)c2)C1. The van der Waals surface area contributed by atoms with E-state index in [0.717, 1.165) is 66.4 Å². The van der Waals surface area contributed by atoms with Gasteiger partial charge in [0.05, 0.1) is 23.0 Å². The first kappa shape index (κ1) is 23.8. The fourth-order valence-electron chi connectivity index (χ4n) is 5.32. The highest BCUT2D eigenvalue weighted by molar-refractivity contribution is 6.33. The molecule has 37 heavy (non-hydrogen) atoms. The number of aromatic nitrogens is 2. The molecule has 6 heteroatoms. The maximum absolute atomic E-state index is 10.7. The third-order valence-electron chi connectivity index (χ3n) is 7.72. The van der Waals surface area contributed by atoms with Crippen molar-refractivity contribution in [3.63, 3.8) is 0 Å². The smallest absolute Gasteiger partial charge is 0.139 e. The third kappa shape index (κ3) is 4.77. The molecule has 1 atom stereocenters. The fourth-order valence-corrected chi connectivity index (χ4v) is 5.53. The number of aliphatic hydroxyl groups excluding tert-OH is 1. The summed E-state index contributed by atoms with van der Waals surface area (Å²) < 4.78 is 0. The standard InChI is InChI=1S/C31H31ClN4O/c1-20(30(37)22-9-5-10-22)36-16-15-25-23(19-36)11-6-12-28(25)34-24-13-14-27(32)26(17-24)31-33-18-29(35-31)21-7-3-2-4-8-21/h2-4,6-8,11-14,17-18,20,34,37H,5,9-10,15-16,19H2,1H3,(H,33,35). The van der Waals surface area contributed by atoms with E-state index in [1.807, 2.05) is 36.5 Å². The number of halogens is 1. The summed E-state index contributed by atoms with van der Waals surface area (Å²) in [5, 5.41) is 15.0. The van der Waals surface area contributed by atoms with Gasteiger partial charge < -0.3 is 15.4 Å². The molecule has 6 rings (SSSR count). The van der Waals surface area contributed by atoms with Crippen LogP contribution in [0.15, 0.2) is 84.3 Å². The first-order valence-corrected chi connectivity index (χ1v) is 13.4. The highest BCUT2D eigenvalue weighted by Gasteiger charge is 2.27. The summed E-state index contributed by atoms with van der Waals surface area (Å²) >= 11 is 6.59. The van der Waals surface area contributed by atoms with E-state index in [1.54, 1.807) is 0 Å². The monoisotopic (exact) mass is 510 g/mol. The van der Waals surface area contributed by atoms with Gasteiger partial charge >= 0.3 is 0 Å². The second-order valence-corrected chi connectivity index (χ2v) is 10.4. The van der Waals surface area contributed by atoms with E-state index in [4.69, 9.17) is 11.6 Å². The van der Waals surface area contributed by atoms with Gasteiger partial charge in [-0.05, 0) is 79.1 Å². The zero-order valence-electron chi connectivity index (χ0n) is 21.0. The molecule has 3 N–H and O–H groups in total. The topological polar surface area (TPSA) is 64.2 Å². The van der Waals surface area contributed by atoms with Gasteiger partial charge in [0.25, 0.3) is 0 Å². The molecule has 2 heterocycles. The van der Waals surface area contributed by atoms with E-state index in [0.29, 0.717) is 10.8 Å². The maximum Gasteiger partial charge on any atom is 0.139 e. The Kier molecular flexibility index (Phi) is 6.49. The summed E-state index contributed by atoms with van der Waals surface area (Å²) in [4.78, 5) is 10.4. The molecule has 0 radical (unpaired) electrons.